The molecule has 0 aromatic heterocycles. The fourth-order valence-electron chi connectivity index (χ4n) is 4.70. The molecular weight excluding hydrogens is 576 g/mol. The molecule has 3 aromatic rings. The summed E-state index contributed by atoms with van der Waals surface area (Å²) < 4.78 is 34.2. The van der Waals surface area contributed by atoms with Gasteiger partial charge in [0, 0.05) is 13.1 Å². The van der Waals surface area contributed by atoms with Crippen molar-refractivity contribution < 1.29 is 27.9 Å². The summed E-state index contributed by atoms with van der Waals surface area (Å²) in [6.07, 6.45) is -0.210. The normalized spacial score (nSPS) is 14.8. The Morgan fingerprint density at radius 2 is 1.39 bits per heavy atom. The van der Waals surface area contributed by atoms with Gasteiger partial charge in [-0.15, -0.1) is 0 Å². The lowest BCUT2D eigenvalue weighted by Gasteiger charge is -2.33. The van der Waals surface area contributed by atoms with Crippen LogP contribution in [0.3, 0.4) is 0 Å². The van der Waals surface area contributed by atoms with Crippen LogP contribution in [0.5, 0.6) is 0 Å². The molecule has 0 aliphatic heterocycles. The number of ether oxygens (including phenoxy) is 1. The van der Waals surface area contributed by atoms with Crippen molar-refractivity contribution in [3.05, 3.63) is 102 Å². The molecule has 44 heavy (non-hydrogen) atoms. The lowest BCUT2D eigenvalue weighted by molar-refractivity contribution is -0.161. The van der Waals surface area contributed by atoms with Crippen LogP contribution >= 0.6 is 0 Å². The second kappa shape index (κ2) is 16.0. The van der Waals surface area contributed by atoms with Crippen molar-refractivity contribution in [2.75, 3.05) is 13.1 Å². The Balaban J connectivity index is 1.82. The zero-order chi connectivity index (χ0) is 32.3. The first-order chi connectivity index (χ1) is 20.9. The van der Waals surface area contributed by atoms with Crippen LogP contribution in [0.1, 0.15) is 52.2 Å². The molecule has 3 rings (SSSR count). The smallest absolute Gasteiger partial charge is 0.312 e. The van der Waals surface area contributed by atoms with E-state index in [2.05, 4.69) is 5.32 Å². The number of carbonyl (C=O) groups is 2. The lowest BCUT2D eigenvalue weighted by Crippen LogP contribution is -2.53. The maximum Gasteiger partial charge on any atom is 0.312 e. The third kappa shape index (κ3) is 9.48. The van der Waals surface area contributed by atoms with Crippen LogP contribution in [0, 0.1) is 17.3 Å². The minimum atomic E-state index is -3.92. The number of hydrogen-bond donors (Lipinski definition) is 2. The van der Waals surface area contributed by atoms with Crippen LogP contribution in [0.15, 0.2) is 95.9 Å². The van der Waals surface area contributed by atoms with Gasteiger partial charge in [0.15, 0.2) is 0 Å². The standard InChI is InChI=1S/C35H46N2O6S/c1-6-26(2)23-37(44(41,42)30-20-14-9-15-21-30)24-32(38)31(22-28-16-10-7-11-17-28)36-33(39)27(3)35(4,5)34(40)43-25-29-18-12-8-13-19-29/h7-21,26-27,31-32,38H,6,22-25H2,1-5H3,(H,36,39)/t26?,27-,31-,32+/m1/s1. The van der Waals surface area contributed by atoms with E-state index in [-0.39, 0.29) is 36.9 Å². The minimum Gasteiger partial charge on any atom is -0.460 e. The molecule has 0 saturated carbocycles. The van der Waals surface area contributed by atoms with Gasteiger partial charge < -0.3 is 15.2 Å². The second-order valence-electron chi connectivity index (χ2n) is 12.0. The van der Waals surface area contributed by atoms with Crippen molar-refractivity contribution in [1.29, 1.82) is 0 Å². The van der Waals surface area contributed by atoms with Crippen molar-refractivity contribution in [2.24, 2.45) is 17.3 Å². The SMILES string of the molecule is CCC(C)CN(C[C@H](O)[C@@H](Cc1ccccc1)NC(=O)[C@@H](C)C(C)(C)C(=O)OCc1ccccc1)S(=O)(=O)c1ccccc1. The van der Waals surface area contributed by atoms with Gasteiger partial charge in [-0.05, 0) is 49.4 Å². The summed E-state index contributed by atoms with van der Waals surface area (Å²) in [4.78, 5) is 26.9. The molecule has 8 nitrogen and oxygen atoms in total. The summed E-state index contributed by atoms with van der Waals surface area (Å²) in [5.74, 6) is -1.71. The topological polar surface area (TPSA) is 113 Å². The highest BCUT2D eigenvalue weighted by Crippen LogP contribution is 2.29. The Morgan fingerprint density at radius 1 is 0.864 bits per heavy atom. The van der Waals surface area contributed by atoms with Crippen LogP contribution in [-0.4, -0.2) is 54.9 Å². The van der Waals surface area contributed by atoms with Crippen LogP contribution < -0.4 is 5.32 Å². The van der Waals surface area contributed by atoms with Crippen LogP contribution in [0.25, 0.3) is 0 Å². The Labute approximate surface area is 262 Å². The lowest BCUT2D eigenvalue weighted by atomic mass is 9.79. The summed E-state index contributed by atoms with van der Waals surface area (Å²) in [5, 5.41) is 14.5. The van der Waals surface area contributed by atoms with Gasteiger partial charge in [-0.1, -0.05) is 106 Å². The Bertz CT molecular complexity index is 1430. The van der Waals surface area contributed by atoms with Gasteiger partial charge in [0.25, 0.3) is 0 Å². The molecule has 238 valence electrons. The van der Waals surface area contributed by atoms with Gasteiger partial charge in [0.1, 0.15) is 6.61 Å². The number of aliphatic hydroxyl groups is 1. The average Bonchev–Trinajstić information content (AvgIpc) is 3.03. The molecular formula is C35H46N2O6S. The molecule has 0 bridgehead atoms. The highest BCUT2D eigenvalue weighted by atomic mass is 32.2. The van der Waals surface area contributed by atoms with Crippen molar-refractivity contribution in [3.63, 3.8) is 0 Å². The van der Waals surface area contributed by atoms with Gasteiger partial charge in [0.05, 0.1) is 28.4 Å². The van der Waals surface area contributed by atoms with E-state index < -0.39 is 45.4 Å². The molecule has 0 aliphatic rings. The Hall–Kier alpha value is -3.53. The quantitative estimate of drug-likeness (QED) is 0.212. The van der Waals surface area contributed by atoms with E-state index in [9.17, 15) is 23.1 Å². The zero-order valence-electron chi connectivity index (χ0n) is 26.3. The highest BCUT2D eigenvalue weighted by Gasteiger charge is 2.41. The van der Waals surface area contributed by atoms with E-state index in [1.54, 1.807) is 39.0 Å². The second-order valence-corrected chi connectivity index (χ2v) is 14.0. The van der Waals surface area contributed by atoms with Crippen LogP contribution in [0.2, 0.25) is 0 Å². The first-order valence-electron chi connectivity index (χ1n) is 15.1. The summed E-state index contributed by atoms with van der Waals surface area (Å²) in [6.45, 7) is 9.02. The predicted molar refractivity (Wildman–Crippen MR) is 172 cm³/mol. The number of carbonyl (C=O) groups excluding carboxylic acids is 2. The molecule has 9 heteroatoms. The molecule has 0 aliphatic carbocycles. The van der Waals surface area contributed by atoms with E-state index in [1.807, 2.05) is 74.5 Å². The number of esters is 1. The molecule has 0 radical (unpaired) electrons. The molecule has 0 spiro atoms. The molecule has 4 atom stereocenters. The maximum atomic E-state index is 13.7. The van der Waals surface area contributed by atoms with Crippen molar-refractivity contribution in [2.45, 2.75) is 71.1 Å². The van der Waals surface area contributed by atoms with Crippen LogP contribution in [0.4, 0.5) is 0 Å². The molecule has 1 amide bonds. The Morgan fingerprint density at radius 3 is 1.93 bits per heavy atom. The third-order valence-electron chi connectivity index (χ3n) is 8.29. The van der Waals surface area contributed by atoms with Crippen molar-refractivity contribution in [1.82, 2.24) is 9.62 Å². The van der Waals surface area contributed by atoms with Crippen molar-refractivity contribution in [3.8, 4) is 0 Å². The first-order valence-corrected chi connectivity index (χ1v) is 16.6. The molecule has 0 heterocycles. The largest absolute Gasteiger partial charge is 0.460 e. The van der Waals surface area contributed by atoms with Gasteiger partial charge in [-0.2, -0.15) is 4.31 Å². The van der Waals surface area contributed by atoms with E-state index >= 15 is 0 Å². The van der Waals surface area contributed by atoms with Gasteiger partial charge >= 0.3 is 5.97 Å². The van der Waals surface area contributed by atoms with E-state index in [4.69, 9.17) is 4.74 Å². The number of nitrogens with zero attached hydrogens (tertiary/aromatic N) is 1. The van der Waals surface area contributed by atoms with E-state index in [0.717, 1.165) is 17.5 Å². The van der Waals surface area contributed by atoms with Gasteiger partial charge in [-0.25, -0.2) is 8.42 Å². The summed E-state index contributed by atoms with van der Waals surface area (Å²) in [7, 11) is -3.92. The van der Waals surface area contributed by atoms with Gasteiger partial charge in [-0.3, -0.25) is 9.59 Å². The average molecular weight is 623 g/mol. The fourth-order valence-corrected chi connectivity index (χ4v) is 6.30. The van der Waals surface area contributed by atoms with E-state index in [0.29, 0.717) is 0 Å². The minimum absolute atomic E-state index is 0.0468. The molecule has 0 fully saturated rings. The number of sulfonamides is 1. The third-order valence-corrected chi connectivity index (χ3v) is 10.1. The predicted octanol–water partition coefficient (Wildman–Crippen LogP) is 5.22. The number of aliphatic hydroxyl groups excluding tert-OH is 1. The number of nitrogens with one attached hydrogen (secondary N) is 1. The monoisotopic (exact) mass is 622 g/mol. The maximum absolute atomic E-state index is 13.7. The van der Waals surface area contributed by atoms with Gasteiger partial charge in [0.2, 0.25) is 15.9 Å². The van der Waals surface area contributed by atoms with Crippen LogP contribution in [-0.2, 0) is 37.4 Å². The Kier molecular flexibility index (Phi) is 12.7. The summed E-state index contributed by atoms with van der Waals surface area (Å²) >= 11 is 0. The number of benzene rings is 3. The van der Waals surface area contributed by atoms with E-state index in [1.165, 1.54) is 16.4 Å². The molecule has 0 saturated heterocycles. The fraction of sp³-hybridized carbons (Fsp3) is 0.429. The van der Waals surface area contributed by atoms with Crippen molar-refractivity contribution >= 4 is 21.9 Å². The first kappa shape index (κ1) is 35.0. The highest BCUT2D eigenvalue weighted by molar-refractivity contribution is 7.89. The molecule has 1 unspecified atom stereocenters. The zero-order valence-corrected chi connectivity index (χ0v) is 27.2. The number of rotatable bonds is 16. The number of amides is 1. The summed E-state index contributed by atoms with van der Waals surface area (Å²) in [5.41, 5.74) is 0.540. The molecule has 2 N–H and O–H groups in total. The molecule has 3 aromatic carbocycles. The summed E-state index contributed by atoms with van der Waals surface area (Å²) in [6, 6.07) is 26.0. The number of hydrogen-bond acceptors (Lipinski definition) is 6.